The first-order valence-electron chi connectivity index (χ1n) is 5.90. The number of rotatable bonds is 2. The number of carbonyl (C=O) groups is 2. The minimum absolute atomic E-state index is 0.249. The second-order valence-electron chi connectivity index (χ2n) is 4.47. The highest BCUT2D eigenvalue weighted by molar-refractivity contribution is 6.02. The Labute approximate surface area is 90.3 Å². The number of cyclic esters (lactones) is 1. The summed E-state index contributed by atoms with van der Waals surface area (Å²) in [7, 11) is 0. The van der Waals surface area contributed by atoms with Gasteiger partial charge in [-0.05, 0) is 26.7 Å². The van der Waals surface area contributed by atoms with Gasteiger partial charge < -0.3 is 9.47 Å². The van der Waals surface area contributed by atoms with Crippen molar-refractivity contribution in [3.63, 3.8) is 0 Å². The van der Waals surface area contributed by atoms with Crippen LogP contribution in [0.25, 0.3) is 0 Å². The molecule has 0 aromatic carbocycles. The molecule has 1 saturated carbocycles. The van der Waals surface area contributed by atoms with Gasteiger partial charge in [0.15, 0.2) is 5.41 Å². The Morgan fingerprint density at radius 3 is 3.13 bits per heavy atom. The topological polar surface area (TPSA) is 52.6 Å². The fraction of sp³-hybridized carbons (Fsp3) is 0.818. The monoisotopic (exact) mass is 213 g/mol. The number of carbonyl (C=O) groups excluding carboxylic acids is 2. The van der Waals surface area contributed by atoms with Crippen LogP contribution in [-0.4, -0.2) is 24.6 Å². The van der Waals surface area contributed by atoms with Crippen LogP contribution in [0.15, 0.2) is 0 Å². The predicted octanol–water partition coefficient (Wildman–Crippen LogP) is 1.28. The molecule has 0 radical (unpaired) electrons. The summed E-state index contributed by atoms with van der Waals surface area (Å²) in [5.41, 5.74) is -1.18. The van der Waals surface area contributed by atoms with E-state index in [1.165, 1.54) is 0 Å². The molecule has 4 nitrogen and oxygen atoms in total. The molecule has 1 aliphatic heterocycles. The zero-order chi connectivity index (χ0) is 11.9. The smallest absolute Gasteiger partial charge is 0.324 e. The van der Waals surface area contributed by atoms with E-state index in [9.17, 15) is 9.59 Å². The van der Waals surface area contributed by atoms with Gasteiger partial charge in [0.25, 0.3) is 0 Å². The molecule has 3 atom stereocenters. The lowest BCUT2D eigenvalue weighted by atomic mass is 9.80. The third kappa shape index (κ3) is 1.43. The first kappa shape index (κ1) is 9.19. The highest BCUT2D eigenvalue weighted by Crippen LogP contribution is 2.49. The number of ether oxygens (including phenoxy) is 2. The van der Waals surface area contributed by atoms with Crippen LogP contribution >= 0.6 is 0 Å². The largest absolute Gasteiger partial charge is 0.464 e. The van der Waals surface area contributed by atoms with Crippen LogP contribution in [0, 0.1) is 11.3 Å². The first-order valence-corrected chi connectivity index (χ1v) is 5.33. The SMILES string of the molecule is [2H][C@@H]1OC(=O)[C@]2(C(=O)OC(C)C)CCC[C@H]12. The maximum Gasteiger partial charge on any atom is 0.324 e. The lowest BCUT2D eigenvalue weighted by Gasteiger charge is -2.23. The van der Waals surface area contributed by atoms with Crippen molar-refractivity contribution in [1.29, 1.82) is 0 Å². The molecule has 1 heterocycles. The Hall–Kier alpha value is -1.06. The number of hydrogen-bond acceptors (Lipinski definition) is 4. The van der Waals surface area contributed by atoms with Crippen molar-refractivity contribution in [3.05, 3.63) is 0 Å². The second kappa shape index (κ2) is 3.51. The molecule has 0 N–H and O–H groups in total. The average Bonchev–Trinajstić information content (AvgIpc) is 2.68. The van der Waals surface area contributed by atoms with Crippen LogP contribution in [-0.2, 0) is 19.1 Å². The van der Waals surface area contributed by atoms with Crippen molar-refractivity contribution in [2.45, 2.75) is 39.2 Å². The fourth-order valence-electron chi connectivity index (χ4n) is 2.38. The average molecular weight is 213 g/mol. The molecule has 0 bridgehead atoms. The van der Waals surface area contributed by atoms with E-state index in [2.05, 4.69) is 0 Å². The van der Waals surface area contributed by atoms with E-state index in [1.807, 2.05) is 0 Å². The molecular formula is C11H16O4. The van der Waals surface area contributed by atoms with E-state index in [0.717, 1.165) is 6.42 Å². The van der Waals surface area contributed by atoms with E-state index < -0.39 is 23.9 Å². The summed E-state index contributed by atoms with van der Waals surface area (Å²) in [6.07, 6.45) is 1.67. The standard InChI is InChI=1S/C11H16O4/c1-7(2)15-10(13)11-5-3-4-8(11)6-14-9(11)12/h7-8H,3-6H2,1-2H3/t8-,11+/m1/s1/i6D/t6-,8+,11-/m0. The summed E-state index contributed by atoms with van der Waals surface area (Å²) in [5, 5.41) is 0. The molecule has 1 saturated heterocycles. The molecule has 2 rings (SSSR count). The van der Waals surface area contributed by atoms with Gasteiger partial charge >= 0.3 is 11.9 Å². The zero-order valence-corrected chi connectivity index (χ0v) is 8.99. The van der Waals surface area contributed by atoms with Gasteiger partial charge in [0.05, 0.1) is 14.1 Å². The lowest BCUT2D eigenvalue weighted by Crippen LogP contribution is -2.40. The van der Waals surface area contributed by atoms with Crippen molar-refractivity contribution < 1.29 is 20.4 Å². The first-order chi connectivity index (χ1) is 7.48. The highest BCUT2D eigenvalue weighted by atomic mass is 16.6. The molecule has 0 aromatic heterocycles. The number of esters is 2. The van der Waals surface area contributed by atoms with Crippen molar-refractivity contribution in [3.8, 4) is 0 Å². The van der Waals surface area contributed by atoms with Gasteiger partial charge in [0.1, 0.15) is 0 Å². The van der Waals surface area contributed by atoms with Gasteiger partial charge in [-0.15, -0.1) is 0 Å². The number of hydrogen-bond donors (Lipinski definition) is 0. The van der Waals surface area contributed by atoms with Gasteiger partial charge in [-0.25, -0.2) is 0 Å². The van der Waals surface area contributed by atoms with E-state index in [0.29, 0.717) is 12.8 Å². The molecular weight excluding hydrogens is 196 g/mol. The molecule has 1 aliphatic carbocycles. The summed E-state index contributed by atoms with van der Waals surface area (Å²) < 4.78 is 17.6. The van der Waals surface area contributed by atoms with Crippen molar-refractivity contribution >= 4 is 11.9 Å². The van der Waals surface area contributed by atoms with E-state index in [1.54, 1.807) is 13.8 Å². The maximum atomic E-state index is 12.0. The molecule has 2 fully saturated rings. The third-order valence-electron chi connectivity index (χ3n) is 3.13. The Bertz CT molecular complexity index is 328. The summed E-state index contributed by atoms with van der Waals surface area (Å²) in [5.74, 6) is -1.41. The van der Waals surface area contributed by atoms with Crippen LogP contribution in [0.4, 0.5) is 0 Å². The van der Waals surface area contributed by atoms with Gasteiger partial charge in [-0.2, -0.15) is 0 Å². The van der Waals surface area contributed by atoms with Crippen LogP contribution in [0.2, 0.25) is 0 Å². The molecule has 4 heteroatoms. The predicted molar refractivity (Wildman–Crippen MR) is 52.0 cm³/mol. The van der Waals surface area contributed by atoms with Crippen LogP contribution in [0.1, 0.15) is 34.5 Å². The van der Waals surface area contributed by atoms with Crippen molar-refractivity contribution in [1.82, 2.24) is 0 Å². The van der Waals surface area contributed by atoms with Gasteiger partial charge in [0.2, 0.25) is 0 Å². The summed E-state index contributed by atoms with van der Waals surface area (Å²) in [6.45, 7) is 2.59. The van der Waals surface area contributed by atoms with Gasteiger partial charge in [-0.1, -0.05) is 6.42 Å². The molecule has 0 unspecified atom stereocenters. The summed E-state index contributed by atoms with van der Waals surface area (Å²) in [4.78, 5) is 23.8. The Kier molecular flexibility index (Phi) is 2.15. The summed E-state index contributed by atoms with van der Waals surface area (Å²) >= 11 is 0. The molecule has 15 heavy (non-hydrogen) atoms. The van der Waals surface area contributed by atoms with E-state index in [-0.39, 0.29) is 12.0 Å². The lowest BCUT2D eigenvalue weighted by molar-refractivity contribution is -0.168. The van der Waals surface area contributed by atoms with E-state index >= 15 is 0 Å². The summed E-state index contributed by atoms with van der Waals surface area (Å²) in [6, 6.07) is 0. The van der Waals surface area contributed by atoms with Crippen molar-refractivity contribution in [2.24, 2.45) is 11.3 Å². The molecule has 84 valence electrons. The molecule has 2 aliphatic rings. The molecule has 0 aromatic rings. The highest BCUT2D eigenvalue weighted by Gasteiger charge is 2.61. The maximum absolute atomic E-state index is 12.0. The normalized spacial score (nSPS) is 39.9. The van der Waals surface area contributed by atoms with Crippen LogP contribution in [0.3, 0.4) is 0 Å². The van der Waals surface area contributed by atoms with Crippen LogP contribution in [0.5, 0.6) is 0 Å². The minimum Gasteiger partial charge on any atom is -0.464 e. The number of fused-ring (bicyclic) bond motifs is 1. The molecule has 0 amide bonds. The third-order valence-corrected chi connectivity index (χ3v) is 3.13. The zero-order valence-electron chi connectivity index (χ0n) is 9.99. The fourth-order valence-corrected chi connectivity index (χ4v) is 2.38. The minimum atomic E-state index is -1.18. The van der Waals surface area contributed by atoms with E-state index in [4.69, 9.17) is 10.8 Å². The second-order valence-corrected chi connectivity index (χ2v) is 4.47. The van der Waals surface area contributed by atoms with Crippen LogP contribution < -0.4 is 0 Å². The van der Waals surface area contributed by atoms with Gasteiger partial charge in [0, 0.05) is 5.92 Å². The molecule has 0 spiro atoms. The quantitative estimate of drug-likeness (QED) is 0.512. The Morgan fingerprint density at radius 2 is 2.47 bits per heavy atom. The Balaban J connectivity index is 2.27. The Morgan fingerprint density at radius 1 is 1.73 bits per heavy atom. The van der Waals surface area contributed by atoms with Gasteiger partial charge in [-0.3, -0.25) is 9.59 Å². The van der Waals surface area contributed by atoms with Crippen molar-refractivity contribution in [2.75, 3.05) is 6.58 Å².